The third kappa shape index (κ3) is 4.84. The quantitative estimate of drug-likeness (QED) is 0.753. The number of benzene rings is 2. The standard InChI is InChI=1S/C19H17F4NO3/c1-18(2,12-4-3-5-13(9-12)19(21,22)23)17(27)24-14-7-6-11(8-16(25)26)15(20)10-14/h3-7,9-10H,8H2,1-2H3,(H,24,27)(H,25,26). The maximum Gasteiger partial charge on any atom is 0.416 e. The van der Waals surface area contributed by atoms with Gasteiger partial charge in [-0.05, 0) is 43.2 Å². The second-order valence-corrected chi connectivity index (χ2v) is 6.53. The van der Waals surface area contributed by atoms with Gasteiger partial charge < -0.3 is 10.4 Å². The fourth-order valence-electron chi connectivity index (χ4n) is 2.43. The first-order chi connectivity index (χ1) is 12.4. The molecule has 2 rings (SSSR count). The van der Waals surface area contributed by atoms with Gasteiger partial charge in [-0.2, -0.15) is 13.2 Å². The van der Waals surface area contributed by atoms with Gasteiger partial charge in [0.05, 0.1) is 17.4 Å². The summed E-state index contributed by atoms with van der Waals surface area (Å²) in [5.74, 6) is -2.63. The molecule has 1 amide bonds. The van der Waals surface area contributed by atoms with Gasteiger partial charge in [0.1, 0.15) is 5.82 Å². The molecule has 2 aromatic rings. The Morgan fingerprint density at radius 2 is 1.67 bits per heavy atom. The monoisotopic (exact) mass is 383 g/mol. The number of halogens is 4. The number of carboxylic acid groups (broad SMARTS) is 1. The van der Waals surface area contributed by atoms with Crippen molar-refractivity contribution in [1.29, 1.82) is 0 Å². The Labute approximate surface area is 152 Å². The molecular formula is C19H17F4NO3. The minimum atomic E-state index is -4.54. The number of nitrogens with one attached hydrogen (secondary N) is 1. The van der Waals surface area contributed by atoms with Gasteiger partial charge in [-0.3, -0.25) is 9.59 Å². The molecule has 0 fully saturated rings. The van der Waals surface area contributed by atoms with Gasteiger partial charge in [0, 0.05) is 5.69 Å². The van der Waals surface area contributed by atoms with E-state index in [0.717, 1.165) is 18.2 Å². The van der Waals surface area contributed by atoms with Gasteiger partial charge in [0.15, 0.2) is 0 Å². The van der Waals surface area contributed by atoms with Crippen molar-refractivity contribution < 1.29 is 32.3 Å². The fraction of sp³-hybridized carbons (Fsp3) is 0.263. The van der Waals surface area contributed by atoms with Gasteiger partial charge in [-0.15, -0.1) is 0 Å². The number of hydrogen-bond donors (Lipinski definition) is 2. The highest BCUT2D eigenvalue weighted by atomic mass is 19.4. The molecule has 144 valence electrons. The number of carboxylic acids is 1. The molecule has 2 aromatic carbocycles. The average Bonchev–Trinajstić information content (AvgIpc) is 2.56. The smallest absolute Gasteiger partial charge is 0.416 e. The molecule has 0 aliphatic carbocycles. The predicted molar refractivity (Wildman–Crippen MR) is 90.8 cm³/mol. The van der Waals surface area contributed by atoms with E-state index in [1.54, 1.807) is 0 Å². The lowest BCUT2D eigenvalue weighted by Gasteiger charge is -2.25. The molecular weight excluding hydrogens is 366 g/mol. The molecule has 0 saturated heterocycles. The Bertz CT molecular complexity index is 875. The van der Waals surface area contributed by atoms with Crippen molar-refractivity contribution in [3.8, 4) is 0 Å². The van der Waals surface area contributed by atoms with E-state index in [1.807, 2.05) is 0 Å². The van der Waals surface area contributed by atoms with Crippen LogP contribution in [0.1, 0.15) is 30.5 Å². The first kappa shape index (κ1) is 20.4. The molecule has 4 nitrogen and oxygen atoms in total. The molecule has 0 spiro atoms. The van der Waals surface area contributed by atoms with Crippen molar-refractivity contribution in [3.63, 3.8) is 0 Å². The van der Waals surface area contributed by atoms with Crippen LogP contribution in [0.2, 0.25) is 0 Å². The Morgan fingerprint density at radius 1 is 1.04 bits per heavy atom. The first-order valence-electron chi connectivity index (χ1n) is 7.90. The maximum absolute atomic E-state index is 13.9. The molecule has 0 atom stereocenters. The third-order valence-corrected chi connectivity index (χ3v) is 4.13. The van der Waals surface area contributed by atoms with Crippen LogP contribution in [0.25, 0.3) is 0 Å². The number of rotatable bonds is 5. The van der Waals surface area contributed by atoms with Crippen LogP contribution in [0.4, 0.5) is 23.2 Å². The van der Waals surface area contributed by atoms with E-state index in [2.05, 4.69) is 5.32 Å². The van der Waals surface area contributed by atoms with Crippen LogP contribution in [0.3, 0.4) is 0 Å². The summed E-state index contributed by atoms with van der Waals surface area (Å²) in [6, 6.07) is 7.97. The molecule has 0 aromatic heterocycles. The van der Waals surface area contributed by atoms with Crippen molar-refractivity contribution in [1.82, 2.24) is 0 Å². The molecule has 0 aliphatic heterocycles. The zero-order chi connectivity index (χ0) is 20.4. The van der Waals surface area contributed by atoms with E-state index in [-0.39, 0.29) is 16.8 Å². The van der Waals surface area contributed by atoms with Crippen molar-refractivity contribution >= 4 is 17.6 Å². The zero-order valence-electron chi connectivity index (χ0n) is 14.5. The molecule has 0 heterocycles. The van der Waals surface area contributed by atoms with Gasteiger partial charge in [-0.25, -0.2) is 4.39 Å². The second kappa shape index (κ2) is 7.38. The summed E-state index contributed by atoms with van der Waals surface area (Å²) in [6.07, 6.45) is -5.04. The minimum Gasteiger partial charge on any atom is -0.481 e. The maximum atomic E-state index is 13.9. The largest absolute Gasteiger partial charge is 0.481 e. The summed E-state index contributed by atoms with van der Waals surface area (Å²) in [5, 5.41) is 11.2. The number of carbonyl (C=O) groups excluding carboxylic acids is 1. The molecule has 2 N–H and O–H groups in total. The number of amides is 1. The van der Waals surface area contributed by atoms with E-state index in [9.17, 15) is 27.2 Å². The summed E-state index contributed by atoms with van der Waals surface area (Å²) in [5.41, 5.74) is -2.01. The van der Waals surface area contributed by atoms with E-state index in [1.165, 1.54) is 38.1 Å². The number of alkyl halides is 3. The molecule has 0 aliphatic rings. The van der Waals surface area contributed by atoms with Crippen LogP contribution in [-0.4, -0.2) is 17.0 Å². The van der Waals surface area contributed by atoms with Crippen LogP contribution in [0.15, 0.2) is 42.5 Å². The van der Waals surface area contributed by atoms with Crippen LogP contribution in [-0.2, 0) is 27.6 Å². The first-order valence-corrected chi connectivity index (χ1v) is 7.90. The number of aliphatic carboxylic acids is 1. The summed E-state index contributed by atoms with van der Waals surface area (Å²) in [7, 11) is 0. The third-order valence-electron chi connectivity index (χ3n) is 4.13. The normalized spacial score (nSPS) is 11.9. The zero-order valence-corrected chi connectivity index (χ0v) is 14.5. The molecule has 0 radical (unpaired) electrons. The molecule has 0 bridgehead atoms. The summed E-state index contributed by atoms with van der Waals surface area (Å²) in [4.78, 5) is 23.2. The highest BCUT2D eigenvalue weighted by molar-refractivity contribution is 5.98. The lowest BCUT2D eigenvalue weighted by Crippen LogP contribution is -2.35. The Balaban J connectivity index is 2.24. The Morgan fingerprint density at radius 3 is 2.22 bits per heavy atom. The predicted octanol–water partition coefficient (Wildman–Crippen LogP) is 4.39. The summed E-state index contributed by atoms with van der Waals surface area (Å²) < 4.78 is 52.6. The van der Waals surface area contributed by atoms with Gasteiger partial charge >= 0.3 is 12.1 Å². The number of carbonyl (C=O) groups is 2. The molecule has 8 heteroatoms. The number of anilines is 1. The van der Waals surface area contributed by atoms with Crippen LogP contribution in [0, 0.1) is 5.82 Å². The van der Waals surface area contributed by atoms with Crippen LogP contribution in [0.5, 0.6) is 0 Å². The van der Waals surface area contributed by atoms with Crippen molar-refractivity contribution in [2.24, 2.45) is 0 Å². The van der Waals surface area contributed by atoms with Gasteiger partial charge in [0.25, 0.3) is 0 Å². The summed E-state index contributed by atoms with van der Waals surface area (Å²) in [6.45, 7) is 2.90. The van der Waals surface area contributed by atoms with E-state index < -0.39 is 41.3 Å². The van der Waals surface area contributed by atoms with Crippen LogP contribution < -0.4 is 5.32 Å². The lowest BCUT2D eigenvalue weighted by molar-refractivity contribution is -0.138. The molecule has 0 saturated carbocycles. The average molecular weight is 383 g/mol. The van der Waals surface area contributed by atoms with E-state index >= 15 is 0 Å². The van der Waals surface area contributed by atoms with E-state index in [0.29, 0.717) is 0 Å². The van der Waals surface area contributed by atoms with Gasteiger partial charge in [0.2, 0.25) is 5.91 Å². The Hall–Kier alpha value is -2.90. The molecule has 0 unspecified atom stereocenters. The fourth-order valence-corrected chi connectivity index (χ4v) is 2.43. The Kier molecular flexibility index (Phi) is 5.58. The minimum absolute atomic E-state index is 0.0439. The van der Waals surface area contributed by atoms with Crippen molar-refractivity contribution in [2.45, 2.75) is 31.9 Å². The molecule has 27 heavy (non-hydrogen) atoms. The SMILES string of the molecule is CC(C)(C(=O)Nc1ccc(CC(=O)O)c(F)c1)c1cccc(C(F)(F)F)c1. The topological polar surface area (TPSA) is 66.4 Å². The highest BCUT2D eigenvalue weighted by Gasteiger charge is 2.35. The van der Waals surface area contributed by atoms with Gasteiger partial charge in [-0.1, -0.05) is 24.3 Å². The highest BCUT2D eigenvalue weighted by Crippen LogP contribution is 2.33. The van der Waals surface area contributed by atoms with Crippen LogP contribution >= 0.6 is 0 Å². The van der Waals surface area contributed by atoms with E-state index in [4.69, 9.17) is 5.11 Å². The lowest BCUT2D eigenvalue weighted by atomic mass is 9.83. The van der Waals surface area contributed by atoms with Crippen molar-refractivity contribution in [3.05, 3.63) is 65.0 Å². The second-order valence-electron chi connectivity index (χ2n) is 6.53. The van der Waals surface area contributed by atoms with Crippen molar-refractivity contribution in [2.75, 3.05) is 5.32 Å². The summed E-state index contributed by atoms with van der Waals surface area (Å²) >= 11 is 0. The number of hydrogen-bond acceptors (Lipinski definition) is 2.